The van der Waals surface area contributed by atoms with Crippen molar-refractivity contribution in [3.63, 3.8) is 0 Å². The Morgan fingerprint density at radius 2 is 2.29 bits per heavy atom. The van der Waals surface area contributed by atoms with Crippen LogP contribution in [0.4, 0.5) is 0 Å². The van der Waals surface area contributed by atoms with Crippen LogP contribution in [0.2, 0.25) is 0 Å². The Morgan fingerprint density at radius 3 is 2.94 bits per heavy atom. The fourth-order valence-electron chi connectivity index (χ4n) is 2.07. The Labute approximate surface area is 102 Å². The van der Waals surface area contributed by atoms with E-state index in [1.165, 1.54) is 11.1 Å². The second kappa shape index (κ2) is 5.64. The van der Waals surface area contributed by atoms with Gasteiger partial charge in [0.25, 0.3) is 0 Å². The summed E-state index contributed by atoms with van der Waals surface area (Å²) in [4.78, 5) is 4.18. The van der Waals surface area contributed by atoms with Gasteiger partial charge in [-0.2, -0.15) is 0 Å². The molecule has 0 aliphatic rings. The molecule has 0 bridgehead atoms. The Hall–Kier alpha value is -1.61. The first kappa shape index (κ1) is 11.9. The Morgan fingerprint density at radius 1 is 1.41 bits per heavy atom. The maximum atomic E-state index is 5.41. The van der Waals surface area contributed by atoms with Gasteiger partial charge in [-0.05, 0) is 42.8 Å². The van der Waals surface area contributed by atoms with Gasteiger partial charge in [0.15, 0.2) is 0 Å². The van der Waals surface area contributed by atoms with Crippen molar-refractivity contribution >= 4 is 0 Å². The van der Waals surface area contributed by atoms with Gasteiger partial charge in [0.1, 0.15) is 5.76 Å². The van der Waals surface area contributed by atoms with Crippen LogP contribution in [0.3, 0.4) is 0 Å². The molecule has 0 saturated carbocycles. The lowest BCUT2D eigenvalue weighted by atomic mass is 9.98. The van der Waals surface area contributed by atoms with Crippen LogP contribution in [-0.2, 0) is 12.8 Å². The predicted molar refractivity (Wildman–Crippen MR) is 67.8 cm³/mol. The van der Waals surface area contributed by atoms with Crippen LogP contribution in [0, 0.1) is 0 Å². The number of furan rings is 1. The number of pyridine rings is 1. The normalized spacial score (nSPS) is 12.6. The molecule has 17 heavy (non-hydrogen) atoms. The lowest BCUT2D eigenvalue weighted by molar-refractivity contribution is 0.464. The van der Waals surface area contributed by atoms with Gasteiger partial charge in [-0.1, -0.05) is 6.92 Å². The van der Waals surface area contributed by atoms with Crippen LogP contribution in [0.5, 0.6) is 0 Å². The first-order valence-corrected chi connectivity index (χ1v) is 5.97. The second-order valence-corrected chi connectivity index (χ2v) is 4.05. The topological polar surface area (TPSA) is 38.1 Å². The highest BCUT2D eigenvalue weighted by Gasteiger charge is 2.14. The Kier molecular flexibility index (Phi) is 3.94. The van der Waals surface area contributed by atoms with E-state index in [-0.39, 0.29) is 6.04 Å². The molecule has 90 valence electrons. The number of aryl methyl sites for hydroxylation is 1. The third-order valence-electron chi connectivity index (χ3n) is 3.03. The summed E-state index contributed by atoms with van der Waals surface area (Å²) in [6, 6.07) is 6.30. The average Bonchev–Trinajstić information content (AvgIpc) is 2.89. The number of hydrogen-bond donors (Lipinski definition) is 1. The molecule has 1 atom stereocenters. The zero-order valence-electron chi connectivity index (χ0n) is 10.3. The number of aromatic nitrogens is 1. The molecule has 3 nitrogen and oxygen atoms in total. The van der Waals surface area contributed by atoms with Crippen LogP contribution in [0.1, 0.15) is 29.9 Å². The summed E-state index contributed by atoms with van der Waals surface area (Å²) in [5.41, 5.74) is 2.60. The molecule has 2 aromatic rings. The first-order valence-electron chi connectivity index (χ1n) is 5.97. The summed E-state index contributed by atoms with van der Waals surface area (Å²) >= 11 is 0. The van der Waals surface area contributed by atoms with E-state index < -0.39 is 0 Å². The molecule has 0 saturated heterocycles. The van der Waals surface area contributed by atoms with E-state index >= 15 is 0 Å². The van der Waals surface area contributed by atoms with Gasteiger partial charge in [-0.15, -0.1) is 0 Å². The van der Waals surface area contributed by atoms with Crippen LogP contribution < -0.4 is 5.32 Å². The van der Waals surface area contributed by atoms with Gasteiger partial charge in [0.05, 0.1) is 6.26 Å². The van der Waals surface area contributed by atoms with Crippen molar-refractivity contribution < 1.29 is 4.42 Å². The lowest BCUT2D eigenvalue weighted by Crippen LogP contribution is -2.20. The molecule has 2 aromatic heterocycles. The summed E-state index contributed by atoms with van der Waals surface area (Å²) in [5.74, 6) is 1.00. The van der Waals surface area contributed by atoms with E-state index in [1.807, 2.05) is 31.6 Å². The molecule has 2 rings (SSSR count). The fraction of sp³-hybridized carbons (Fsp3) is 0.357. The molecular formula is C14H18N2O. The van der Waals surface area contributed by atoms with E-state index in [4.69, 9.17) is 4.42 Å². The van der Waals surface area contributed by atoms with Crippen molar-refractivity contribution in [2.75, 3.05) is 7.05 Å². The van der Waals surface area contributed by atoms with Crippen molar-refractivity contribution in [3.8, 4) is 0 Å². The number of hydrogen-bond acceptors (Lipinski definition) is 3. The molecule has 2 heterocycles. The smallest absolute Gasteiger partial charge is 0.105 e. The SMILES string of the molecule is CCc1cnccc1C(Cc1ccco1)NC. The molecule has 0 aliphatic heterocycles. The zero-order chi connectivity index (χ0) is 12.1. The van der Waals surface area contributed by atoms with Crippen LogP contribution in [-0.4, -0.2) is 12.0 Å². The lowest BCUT2D eigenvalue weighted by Gasteiger charge is -2.18. The third kappa shape index (κ3) is 2.74. The van der Waals surface area contributed by atoms with Crippen molar-refractivity contribution in [1.82, 2.24) is 10.3 Å². The van der Waals surface area contributed by atoms with E-state index in [0.717, 1.165) is 18.6 Å². The molecule has 0 amide bonds. The quantitative estimate of drug-likeness (QED) is 0.858. The van der Waals surface area contributed by atoms with Gasteiger partial charge in [-0.25, -0.2) is 0 Å². The van der Waals surface area contributed by atoms with E-state index in [1.54, 1.807) is 6.26 Å². The molecule has 0 aromatic carbocycles. The highest BCUT2D eigenvalue weighted by atomic mass is 16.3. The van der Waals surface area contributed by atoms with Gasteiger partial charge in [-0.3, -0.25) is 4.98 Å². The highest BCUT2D eigenvalue weighted by Crippen LogP contribution is 2.21. The first-order chi connectivity index (χ1) is 8.35. The molecule has 3 heteroatoms. The van der Waals surface area contributed by atoms with Crippen LogP contribution >= 0.6 is 0 Å². The molecule has 1 N–H and O–H groups in total. The maximum Gasteiger partial charge on any atom is 0.105 e. The van der Waals surface area contributed by atoms with E-state index in [9.17, 15) is 0 Å². The molecule has 0 fully saturated rings. The van der Waals surface area contributed by atoms with E-state index in [0.29, 0.717) is 0 Å². The van der Waals surface area contributed by atoms with Crippen LogP contribution in [0.15, 0.2) is 41.3 Å². The van der Waals surface area contributed by atoms with Crippen molar-refractivity contribution in [3.05, 3.63) is 53.7 Å². The van der Waals surface area contributed by atoms with Gasteiger partial charge >= 0.3 is 0 Å². The van der Waals surface area contributed by atoms with Gasteiger partial charge in [0, 0.05) is 24.9 Å². The second-order valence-electron chi connectivity index (χ2n) is 4.05. The standard InChI is InChI=1S/C14H18N2O/c1-3-11-10-16-7-6-13(11)14(15-2)9-12-5-4-8-17-12/h4-8,10,14-15H,3,9H2,1-2H3. The maximum absolute atomic E-state index is 5.41. The largest absolute Gasteiger partial charge is 0.469 e. The van der Waals surface area contributed by atoms with E-state index in [2.05, 4.69) is 23.3 Å². The van der Waals surface area contributed by atoms with Crippen molar-refractivity contribution in [1.29, 1.82) is 0 Å². The predicted octanol–water partition coefficient (Wildman–Crippen LogP) is 2.74. The molecule has 0 spiro atoms. The minimum Gasteiger partial charge on any atom is -0.469 e. The minimum absolute atomic E-state index is 0.277. The van der Waals surface area contributed by atoms with Crippen molar-refractivity contribution in [2.24, 2.45) is 0 Å². The number of nitrogens with zero attached hydrogens (tertiary/aromatic N) is 1. The summed E-state index contributed by atoms with van der Waals surface area (Å²) in [7, 11) is 1.98. The third-order valence-corrected chi connectivity index (χ3v) is 3.03. The highest BCUT2D eigenvalue weighted by molar-refractivity contribution is 5.27. The molecular weight excluding hydrogens is 212 g/mol. The zero-order valence-corrected chi connectivity index (χ0v) is 10.3. The number of nitrogens with one attached hydrogen (secondary N) is 1. The Balaban J connectivity index is 2.22. The fourth-order valence-corrected chi connectivity index (χ4v) is 2.07. The van der Waals surface area contributed by atoms with Crippen molar-refractivity contribution in [2.45, 2.75) is 25.8 Å². The molecule has 1 unspecified atom stereocenters. The molecule has 0 aliphatic carbocycles. The number of rotatable bonds is 5. The minimum atomic E-state index is 0.277. The summed E-state index contributed by atoms with van der Waals surface area (Å²) in [6.07, 6.45) is 7.37. The average molecular weight is 230 g/mol. The number of likely N-dealkylation sites (N-methyl/N-ethyl adjacent to an activating group) is 1. The monoisotopic (exact) mass is 230 g/mol. The Bertz CT molecular complexity index is 451. The van der Waals surface area contributed by atoms with Gasteiger partial charge < -0.3 is 9.73 Å². The summed E-state index contributed by atoms with van der Waals surface area (Å²) in [6.45, 7) is 2.15. The van der Waals surface area contributed by atoms with Crippen LogP contribution in [0.25, 0.3) is 0 Å². The van der Waals surface area contributed by atoms with Gasteiger partial charge in [0.2, 0.25) is 0 Å². The summed E-state index contributed by atoms with van der Waals surface area (Å²) < 4.78 is 5.41. The molecule has 0 radical (unpaired) electrons. The summed E-state index contributed by atoms with van der Waals surface area (Å²) in [5, 5.41) is 3.34.